The van der Waals surface area contributed by atoms with Gasteiger partial charge < -0.3 is 15.0 Å². The molecule has 27 heavy (non-hydrogen) atoms. The molecule has 144 valence electrons. The highest BCUT2D eigenvalue weighted by Gasteiger charge is 2.16. The summed E-state index contributed by atoms with van der Waals surface area (Å²) in [6.07, 6.45) is 2.00. The highest BCUT2D eigenvalue weighted by atomic mass is 35.5. The molecule has 3 rings (SSSR count). The second kappa shape index (κ2) is 8.31. The van der Waals surface area contributed by atoms with Crippen LogP contribution in [0.2, 0.25) is 5.02 Å². The highest BCUT2D eigenvalue weighted by molar-refractivity contribution is 7.18. The van der Waals surface area contributed by atoms with Crippen molar-refractivity contribution in [3.05, 3.63) is 49.8 Å². The number of benzene rings is 1. The van der Waals surface area contributed by atoms with Crippen LogP contribution in [0.5, 0.6) is 5.75 Å². The molecule has 1 aromatic carbocycles. The van der Waals surface area contributed by atoms with Crippen molar-refractivity contribution >= 4 is 38.8 Å². The van der Waals surface area contributed by atoms with Crippen LogP contribution in [-0.4, -0.2) is 17.1 Å². The minimum atomic E-state index is -0.0628. The fraction of sp³-hybridized carbons (Fsp3) is 0.400. The molecule has 0 unspecified atom stereocenters. The number of ether oxygens (including phenoxy) is 1. The Balaban J connectivity index is 1.84. The van der Waals surface area contributed by atoms with Crippen molar-refractivity contribution in [1.29, 1.82) is 0 Å². The highest BCUT2D eigenvalue weighted by Crippen LogP contribution is 2.30. The Morgan fingerprint density at radius 3 is 2.85 bits per heavy atom. The van der Waals surface area contributed by atoms with Crippen LogP contribution in [-0.2, 0) is 13.0 Å². The number of nitrogens with one attached hydrogen (secondary N) is 2. The van der Waals surface area contributed by atoms with E-state index in [4.69, 9.17) is 16.3 Å². The summed E-state index contributed by atoms with van der Waals surface area (Å²) in [6.45, 7) is 6.86. The molecule has 0 fully saturated rings. The van der Waals surface area contributed by atoms with Gasteiger partial charge in [-0.15, -0.1) is 11.3 Å². The summed E-state index contributed by atoms with van der Waals surface area (Å²) in [4.78, 5) is 22.3. The number of fused-ring (bicyclic) bond motifs is 1. The Morgan fingerprint density at radius 1 is 1.41 bits per heavy atom. The van der Waals surface area contributed by atoms with Crippen molar-refractivity contribution < 1.29 is 4.74 Å². The standard InChI is InChI=1S/C20H24ClN3O2S/c1-5-11(2)8-14-12(3)27-20-18(14)19(25)23-17(24-20)10-22-13-6-7-16(26-4)15(21)9-13/h6-7,9,11,22H,5,8,10H2,1-4H3,(H,23,24,25)/t11-/m1/s1. The van der Waals surface area contributed by atoms with Crippen LogP contribution in [0.4, 0.5) is 5.69 Å². The monoisotopic (exact) mass is 405 g/mol. The molecule has 0 bridgehead atoms. The van der Waals surface area contributed by atoms with Crippen molar-refractivity contribution in [1.82, 2.24) is 9.97 Å². The van der Waals surface area contributed by atoms with Gasteiger partial charge in [-0.2, -0.15) is 0 Å². The van der Waals surface area contributed by atoms with Gasteiger partial charge in [0, 0.05) is 10.6 Å². The number of halogens is 1. The molecule has 0 amide bonds. The number of methoxy groups -OCH3 is 1. The van der Waals surface area contributed by atoms with Crippen molar-refractivity contribution in [3.63, 3.8) is 0 Å². The van der Waals surface area contributed by atoms with Crippen LogP contribution >= 0.6 is 22.9 Å². The molecule has 3 aromatic rings. The van der Waals surface area contributed by atoms with Crippen molar-refractivity contribution in [2.75, 3.05) is 12.4 Å². The number of aromatic amines is 1. The second-order valence-corrected chi connectivity index (χ2v) is 8.36. The zero-order valence-corrected chi connectivity index (χ0v) is 17.6. The van der Waals surface area contributed by atoms with Gasteiger partial charge in [-0.05, 0) is 43.0 Å². The summed E-state index contributed by atoms with van der Waals surface area (Å²) in [5.74, 6) is 1.77. The third-order valence-corrected chi connectivity index (χ3v) is 6.11. The molecule has 0 aliphatic carbocycles. The second-order valence-electron chi connectivity index (χ2n) is 6.75. The summed E-state index contributed by atoms with van der Waals surface area (Å²) in [7, 11) is 1.58. The first-order chi connectivity index (χ1) is 12.9. The van der Waals surface area contributed by atoms with E-state index in [2.05, 4.69) is 36.1 Å². The van der Waals surface area contributed by atoms with Gasteiger partial charge in [0.1, 0.15) is 16.4 Å². The minimum absolute atomic E-state index is 0.0628. The van der Waals surface area contributed by atoms with Crippen LogP contribution in [0.25, 0.3) is 10.2 Å². The van der Waals surface area contributed by atoms with Gasteiger partial charge in [0.25, 0.3) is 5.56 Å². The first-order valence-corrected chi connectivity index (χ1v) is 10.2. The number of H-pyrrole nitrogens is 1. The lowest BCUT2D eigenvalue weighted by molar-refractivity contribution is 0.415. The number of hydrogen-bond donors (Lipinski definition) is 2. The number of thiophene rings is 1. The summed E-state index contributed by atoms with van der Waals surface area (Å²) in [5.41, 5.74) is 1.91. The molecule has 0 spiro atoms. The average Bonchev–Trinajstić information content (AvgIpc) is 2.95. The number of rotatable bonds is 7. The predicted octanol–water partition coefficient (Wildman–Crippen LogP) is 5.16. The molecule has 2 heterocycles. The van der Waals surface area contributed by atoms with Crippen LogP contribution in [0, 0.1) is 12.8 Å². The number of aromatic nitrogens is 2. The minimum Gasteiger partial charge on any atom is -0.495 e. The smallest absolute Gasteiger partial charge is 0.259 e. The fourth-order valence-corrected chi connectivity index (χ4v) is 4.33. The van der Waals surface area contributed by atoms with Crippen molar-refractivity contribution in [3.8, 4) is 5.75 Å². The van der Waals surface area contributed by atoms with E-state index in [0.29, 0.717) is 29.1 Å². The molecule has 1 atom stereocenters. The van der Waals surface area contributed by atoms with Gasteiger partial charge in [-0.25, -0.2) is 4.98 Å². The van der Waals surface area contributed by atoms with Gasteiger partial charge in [0.2, 0.25) is 0 Å². The molecule has 0 saturated heterocycles. The Labute approximate surface area is 167 Å². The fourth-order valence-electron chi connectivity index (χ4n) is 3.00. The van der Waals surface area contributed by atoms with Crippen LogP contribution < -0.4 is 15.6 Å². The zero-order valence-electron chi connectivity index (χ0n) is 16.0. The lowest BCUT2D eigenvalue weighted by Crippen LogP contribution is -2.15. The first-order valence-electron chi connectivity index (χ1n) is 9.01. The molecule has 0 aliphatic heterocycles. The lowest BCUT2D eigenvalue weighted by Gasteiger charge is -2.09. The van der Waals surface area contributed by atoms with Crippen LogP contribution in [0.3, 0.4) is 0 Å². The molecule has 0 radical (unpaired) electrons. The number of nitrogens with zero attached hydrogens (tertiary/aromatic N) is 1. The number of anilines is 1. The summed E-state index contributed by atoms with van der Waals surface area (Å²) in [6, 6.07) is 5.46. The van der Waals surface area contributed by atoms with E-state index in [1.807, 2.05) is 6.07 Å². The average molecular weight is 406 g/mol. The van der Waals surface area contributed by atoms with Crippen LogP contribution in [0.15, 0.2) is 23.0 Å². The van der Waals surface area contributed by atoms with Gasteiger partial charge in [0.05, 0.1) is 24.1 Å². The molecular weight excluding hydrogens is 382 g/mol. The van der Waals surface area contributed by atoms with Crippen LogP contribution in [0.1, 0.15) is 36.5 Å². The number of aryl methyl sites for hydroxylation is 1. The summed E-state index contributed by atoms with van der Waals surface area (Å²) >= 11 is 7.74. The summed E-state index contributed by atoms with van der Waals surface area (Å²) < 4.78 is 5.16. The van der Waals surface area contributed by atoms with E-state index in [9.17, 15) is 4.79 Å². The Bertz CT molecular complexity index is 1010. The largest absolute Gasteiger partial charge is 0.495 e. The lowest BCUT2D eigenvalue weighted by atomic mass is 9.98. The van der Waals surface area contributed by atoms with Crippen molar-refractivity contribution in [2.24, 2.45) is 5.92 Å². The maximum absolute atomic E-state index is 12.7. The molecule has 2 N–H and O–H groups in total. The topological polar surface area (TPSA) is 67.0 Å². The van der Waals surface area contributed by atoms with Gasteiger partial charge in [-0.1, -0.05) is 31.9 Å². The van der Waals surface area contributed by atoms with E-state index < -0.39 is 0 Å². The first kappa shape index (κ1) is 19.7. The van der Waals surface area contributed by atoms with Gasteiger partial charge in [-0.3, -0.25) is 4.79 Å². The quantitative estimate of drug-likeness (QED) is 0.570. The molecule has 0 aliphatic rings. The Kier molecular flexibility index (Phi) is 6.07. The Morgan fingerprint density at radius 2 is 2.19 bits per heavy atom. The molecule has 0 saturated carbocycles. The molecule has 5 nitrogen and oxygen atoms in total. The maximum Gasteiger partial charge on any atom is 0.259 e. The third-order valence-electron chi connectivity index (χ3n) is 4.77. The molecule has 2 aromatic heterocycles. The van der Waals surface area contributed by atoms with E-state index in [0.717, 1.165) is 34.3 Å². The normalized spacial score (nSPS) is 12.3. The van der Waals surface area contributed by atoms with Gasteiger partial charge in [0.15, 0.2) is 0 Å². The van der Waals surface area contributed by atoms with Crippen molar-refractivity contribution in [2.45, 2.75) is 40.2 Å². The van der Waals surface area contributed by atoms with E-state index in [1.54, 1.807) is 30.6 Å². The van der Waals surface area contributed by atoms with E-state index in [-0.39, 0.29) is 5.56 Å². The van der Waals surface area contributed by atoms with E-state index >= 15 is 0 Å². The summed E-state index contributed by atoms with van der Waals surface area (Å²) in [5, 5.41) is 4.51. The predicted molar refractivity (Wildman–Crippen MR) is 113 cm³/mol. The maximum atomic E-state index is 12.7. The molecule has 7 heteroatoms. The van der Waals surface area contributed by atoms with E-state index in [1.165, 1.54) is 4.88 Å². The Hall–Kier alpha value is -2.05. The molecular formula is C20H24ClN3O2S. The number of hydrogen-bond acceptors (Lipinski definition) is 5. The van der Waals surface area contributed by atoms with Gasteiger partial charge >= 0.3 is 0 Å². The third kappa shape index (κ3) is 4.28. The SMILES string of the molecule is CC[C@@H](C)Cc1c(C)sc2nc(CNc3ccc(OC)c(Cl)c3)[nH]c(=O)c12. The zero-order chi connectivity index (χ0) is 19.6.